The minimum atomic E-state index is 0.438. The van der Waals surface area contributed by atoms with E-state index in [1.807, 2.05) is 25.2 Å². The van der Waals surface area contributed by atoms with E-state index in [1.54, 1.807) is 17.0 Å². The van der Waals surface area contributed by atoms with Crippen LogP contribution < -0.4 is 5.32 Å². The summed E-state index contributed by atoms with van der Waals surface area (Å²) in [4.78, 5) is 10.2. The first-order chi connectivity index (χ1) is 7.80. The summed E-state index contributed by atoms with van der Waals surface area (Å²) in [6, 6.07) is 0. The fourth-order valence-electron chi connectivity index (χ4n) is 1.22. The SMILES string of the molecule is C=C/C=C(\C=C/C)Cn1cc(NC=O)nn1. The summed E-state index contributed by atoms with van der Waals surface area (Å²) in [5, 5.41) is 10.1. The molecule has 1 heterocycles. The molecule has 5 nitrogen and oxygen atoms in total. The van der Waals surface area contributed by atoms with Gasteiger partial charge in [-0.25, -0.2) is 4.68 Å². The molecule has 0 saturated heterocycles. The summed E-state index contributed by atoms with van der Waals surface area (Å²) in [5.41, 5.74) is 1.06. The minimum Gasteiger partial charge on any atom is -0.310 e. The van der Waals surface area contributed by atoms with E-state index in [-0.39, 0.29) is 0 Å². The van der Waals surface area contributed by atoms with Crippen molar-refractivity contribution in [2.75, 3.05) is 5.32 Å². The highest BCUT2D eigenvalue weighted by molar-refractivity contribution is 5.67. The van der Waals surface area contributed by atoms with Crippen molar-refractivity contribution in [1.29, 1.82) is 0 Å². The van der Waals surface area contributed by atoms with Gasteiger partial charge in [0.25, 0.3) is 0 Å². The minimum absolute atomic E-state index is 0.438. The molecule has 0 saturated carbocycles. The number of carbonyl (C=O) groups is 1. The van der Waals surface area contributed by atoms with Crippen LogP contribution in [0.4, 0.5) is 5.82 Å². The molecule has 0 aliphatic heterocycles. The molecule has 1 aromatic heterocycles. The highest BCUT2D eigenvalue weighted by atomic mass is 16.1. The number of rotatable bonds is 6. The third-order valence-electron chi connectivity index (χ3n) is 1.80. The zero-order chi connectivity index (χ0) is 11.8. The Labute approximate surface area is 94.2 Å². The fourth-order valence-corrected chi connectivity index (χ4v) is 1.22. The molecule has 16 heavy (non-hydrogen) atoms. The highest BCUT2D eigenvalue weighted by Gasteiger charge is 2.00. The number of hydrogen-bond acceptors (Lipinski definition) is 3. The van der Waals surface area contributed by atoms with Gasteiger partial charge in [0.2, 0.25) is 6.41 Å². The molecule has 1 rings (SSSR count). The van der Waals surface area contributed by atoms with Crippen molar-refractivity contribution in [3.05, 3.63) is 42.7 Å². The van der Waals surface area contributed by atoms with Gasteiger partial charge in [0.15, 0.2) is 5.82 Å². The lowest BCUT2D eigenvalue weighted by Gasteiger charge is -2.00. The summed E-state index contributed by atoms with van der Waals surface area (Å²) in [7, 11) is 0. The molecule has 84 valence electrons. The lowest BCUT2D eigenvalue weighted by molar-refractivity contribution is -0.105. The molecule has 0 fully saturated rings. The van der Waals surface area contributed by atoms with Crippen molar-refractivity contribution in [3.8, 4) is 0 Å². The van der Waals surface area contributed by atoms with E-state index in [0.29, 0.717) is 18.8 Å². The number of amides is 1. The van der Waals surface area contributed by atoms with E-state index in [0.717, 1.165) is 5.57 Å². The largest absolute Gasteiger partial charge is 0.310 e. The maximum Gasteiger partial charge on any atom is 0.212 e. The van der Waals surface area contributed by atoms with Crippen molar-refractivity contribution >= 4 is 12.2 Å². The molecule has 0 spiro atoms. The predicted octanol–water partition coefficient (Wildman–Crippen LogP) is 1.53. The topological polar surface area (TPSA) is 59.8 Å². The van der Waals surface area contributed by atoms with E-state index in [4.69, 9.17) is 0 Å². The van der Waals surface area contributed by atoms with Crippen LogP contribution >= 0.6 is 0 Å². The Balaban J connectivity index is 2.73. The highest BCUT2D eigenvalue weighted by Crippen LogP contribution is 2.04. The molecule has 0 atom stereocenters. The summed E-state index contributed by atoms with van der Waals surface area (Å²) in [6.07, 6.45) is 9.76. The normalized spacial score (nSPS) is 11.7. The Morgan fingerprint density at radius 1 is 1.69 bits per heavy atom. The van der Waals surface area contributed by atoms with Crippen molar-refractivity contribution in [3.63, 3.8) is 0 Å². The van der Waals surface area contributed by atoms with Crippen LogP contribution in [0.25, 0.3) is 0 Å². The Morgan fingerprint density at radius 2 is 2.50 bits per heavy atom. The van der Waals surface area contributed by atoms with Crippen LogP contribution in [0.3, 0.4) is 0 Å². The summed E-state index contributed by atoms with van der Waals surface area (Å²) in [5.74, 6) is 0.438. The van der Waals surface area contributed by atoms with Crippen molar-refractivity contribution in [2.24, 2.45) is 0 Å². The predicted molar refractivity (Wildman–Crippen MR) is 62.8 cm³/mol. The molecule has 0 aliphatic rings. The van der Waals surface area contributed by atoms with Gasteiger partial charge in [0.1, 0.15) is 0 Å². The lowest BCUT2D eigenvalue weighted by Crippen LogP contribution is -2.00. The Hall–Kier alpha value is -2.17. The number of nitrogens with zero attached hydrogens (tertiary/aromatic N) is 3. The Bertz CT molecular complexity index is 417. The molecule has 0 aliphatic carbocycles. The average molecular weight is 218 g/mol. The maximum atomic E-state index is 10.2. The molecule has 0 aromatic carbocycles. The zero-order valence-corrected chi connectivity index (χ0v) is 9.13. The first kappa shape index (κ1) is 11.9. The van der Waals surface area contributed by atoms with E-state index in [1.165, 1.54) is 0 Å². The third kappa shape index (κ3) is 3.53. The number of aromatic nitrogens is 3. The average Bonchev–Trinajstić information content (AvgIpc) is 2.67. The second-order valence-corrected chi connectivity index (χ2v) is 3.04. The summed E-state index contributed by atoms with van der Waals surface area (Å²) >= 11 is 0. The Kier molecular flexibility index (Phi) is 4.72. The van der Waals surface area contributed by atoms with Gasteiger partial charge in [0.05, 0.1) is 12.7 Å². The van der Waals surface area contributed by atoms with Gasteiger partial charge < -0.3 is 5.32 Å². The van der Waals surface area contributed by atoms with Gasteiger partial charge >= 0.3 is 0 Å². The first-order valence-electron chi connectivity index (χ1n) is 4.84. The van der Waals surface area contributed by atoms with Crippen LogP contribution in [-0.4, -0.2) is 21.4 Å². The quantitative estimate of drug-likeness (QED) is 0.582. The zero-order valence-electron chi connectivity index (χ0n) is 9.13. The molecule has 1 amide bonds. The summed E-state index contributed by atoms with van der Waals surface area (Å²) < 4.78 is 1.64. The third-order valence-corrected chi connectivity index (χ3v) is 1.80. The number of carbonyl (C=O) groups excluding carboxylic acids is 1. The van der Waals surface area contributed by atoms with E-state index in [2.05, 4.69) is 22.2 Å². The monoisotopic (exact) mass is 218 g/mol. The number of anilines is 1. The molecule has 1 N–H and O–H groups in total. The van der Waals surface area contributed by atoms with Gasteiger partial charge in [-0.3, -0.25) is 4.79 Å². The Morgan fingerprint density at radius 3 is 3.12 bits per heavy atom. The van der Waals surface area contributed by atoms with Crippen molar-refractivity contribution in [1.82, 2.24) is 15.0 Å². The molecule has 5 heteroatoms. The second-order valence-electron chi connectivity index (χ2n) is 3.04. The molecule has 0 unspecified atom stereocenters. The van der Waals surface area contributed by atoms with Gasteiger partial charge in [0, 0.05) is 0 Å². The van der Waals surface area contributed by atoms with Crippen LogP contribution in [0.5, 0.6) is 0 Å². The summed E-state index contributed by atoms with van der Waals surface area (Å²) in [6.45, 7) is 6.17. The van der Waals surface area contributed by atoms with Gasteiger partial charge in [-0.15, -0.1) is 5.10 Å². The fraction of sp³-hybridized carbons (Fsp3) is 0.182. The van der Waals surface area contributed by atoms with E-state index in [9.17, 15) is 4.79 Å². The molecule has 0 radical (unpaired) electrons. The second kappa shape index (κ2) is 6.34. The number of allylic oxidation sites excluding steroid dienone is 5. The smallest absolute Gasteiger partial charge is 0.212 e. The van der Waals surface area contributed by atoms with Crippen LogP contribution in [0.1, 0.15) is 6.92 Å². The van der Waals surface area contributed by atoms with Gasteiger partial charge in [-0.05, 0) is 12.5 Å². The number of hydrogen-bond donors (Lipinski definition) is 1. The van der Waals surface area contributed by atoms with Gasteiger partial charge in [-0.2, -0.15) is 0 Å². The lowest BCUT2D eigenvalue weighted by atomic mass is 10.2. The van der Waals surface area contributed by atoms with Crippen LogP contribution in [0.15, 0.2) is 42.7 Å². The van der Waals surface area contributed by atoms with Crippen molar-refractivity contribution < 1.29 is 4.79 Å². The van der Waals surface area contributed by atoms with Crippen LogP contribution in [-0.2, 0) is 11.3 Å². The van der Waals surface area contributed by atoms with E-state index < -0.39 is 0 Å². The van der Waals surface area contributed by atoms with Crippen LogP contribution in [0.2, 0.25) is 0 Å². The number of nitrogens with one attached hydrogen (secondary N) is 1. The molecular formula is C11H14N4O. The molecule has 1 aromatic rings. The standard InChI is InChI=1S/C11H14N4O/c1-3-5-10(6-4-2)7-15-8-11(12-9-16)13-14-15/h3-6,8-9H,1,7H2,2H3,(H,12,16)/b6-4-,10-5+. The van der Waals surface area contributed by atoms with E-state index >= 15 is 0 Å². The van der Waals surface area contributed by atoms with Gasteiger partial charge in [-0.1, -0.05) is 36.1 Å². The maximum absolute atomic E-state index is 10.2. The van der Waals surface area contributed by atoms with Crippen LogP contribution in [0, 0.1) is 0 Å². The molecule has 0 bridgehead atoms. The first-order valence-corrected chi connectivity index (χ1v) is 4.84. The molecular weight excluding hydrogens is 204 g/mol. The van der Waals surface area contributed by atoms with Crippen molar-refractivity contribution in [2.45, 2.75) is 13.5 Å².